The van der Waals surface area contributed by atoms with Gasteiger partial charge in [0, 0.05) is 12.4 Å². The fourth-order valence-electron chi connectivity index (χ4n) is 2.44. The Labute approximate surface area is 147 Å². The summed E-state index contributed by atoms with van der Waals surface area (Å²) >= 11 is 0. The van der Waals surface area contributed by atoms with E-state index in [4.69, 9.17) is 9.47 Å². The summed E-state index contributed by atoms with van der Waals surface area (Å²) in [6, 6.07) is 7.65. The van der Waals surface area contributed by atoms with E-state index in [1.807, 2.05) is 29.7 Å². The number of pyridine rings is 1. The number of ether oxygens (including phenoxy) is 3. The summed E-state index contributed by atoms with van der Waals surface area (Å²) in [6.07, 6.45) is 3.69. The molecule has 1 aromatic carbocycles. The van der Waals surface area contributed by atoms with Crippen molar-refractivity contribution in [1.29, 1.82) is 0 Å². The van der Waals surface area contributed by atoms with Gasteiger partial charge < -0.3 is 18.6 Å². The Balaban J connectivity index is 1.70. The highest BCUT2D eigenvalue weighted by Crippen LogP contribution is 2.29. The lowest BCUT2D eigenvalue weighted by Gasteiger charge is -2.11. The Kier molecular flexibility index (Phi) is 5.01. The number of carbonyl (C=O) groups excluding carboxylic acids is 1. The van der Waals surface area contributed by atoms with Gasteiger partial charge in [-0.1, -0.05) is 6.07 Å². The van der Waals surface area contributed by atoms with Crippen LogP contribution in [0.4, 0.5) is 8.78 Å². The molecule has 2 heterocycles. The molecule has 0 atom stereocenters. The third-order valence-electron chi connectivity index (χ3n) is 3.62. The molecule has 0 aliphatic rings. The molecule has 6 nitrogen and oxygen atoms in total. The van der Waals surface area contributed by atoms with Gasteiger partial charge in [0.15, 0.2) is 11.5 Å². The highest BCUT2D eigenvalue weighted by Gasteiger charge is 2.15. The second-order valence-electron chi connectivity index (χ2n) is 5.52. The first-order valence-corrected chi connectivity index (χ1v) is 7.70. The normalized spacial score (nSPS) is 11.0. The van der Waals surface area contributed by atoms with Crippen LogP contribution in [-0.4, -0.2) is 29.1 Å². The number of benzene rings is 1. The highest BCUT2D eigenvalue weighted by molar-refractivity contribution is 5.90. The van der Waals surface area contributed by atoms with Crippen molar-refractivity contribution in [3.63, 3.8) is 0 Å². The van der Waals surface area contributed by atoms with E-state index in [1.54, 1.807) is 6.20 Å². The number of rotatable bonds is 6. The molecule has 136 valence electrons. The number of aryl methyl sites for hydroxylation is 1. The molecule has 0 fully saturated rings. The molecule has 0 aliphatic heterocycles. The molecule has 0 bridgehead atoms. The molecule has 8 heteroatoms. The van der Waals surface area contributed by atoms with Crippen LogP contribution in [0.15, 0.2) is 42.7 Å². The van der Waals surface area contributed by atoms with Crippen molar-refractivity contribution in [2.75, 3.05) is 7.11 Å². The van der Waals surface area contributed by atoms with E-state index < -0.39 is 12.6 Å². The molecule has 0 N–H and O–H groups in total. The van der Waals surface area contributed by atoms with Crippen molar-refractivity contribution >= 4 is 11.6 Å². The van der Waals surface area contributed by atoms with E-state index in [2.05, 4.69) is 9.72 Å². The molecule has 3 aromatic rings. The van der Waals surface area contributed by atoms with Crippen LogP contribution in [0.3, 0.4) is 0 Å². The Morgan fingerprint density at radius 2 is 2.00 bits per heavy atom. The number of fused-ring (bicyclic) bond motifs is 1. The van der Waals surface area contributed by atoms with Crippen LogP contribution in [-0.2, 0) is 11.3 Å². The summed E-state index contributed by atoms with van der Waals surface area (Å²) in [5, 5.41) is 0. The van der Waals surface area contributed by atoms with Gasteiger partial charge in [0.25, 0.3) is 0 Å². The van der Waals surface area contributed by atoms with E-state index in [0.29, 0.717) is 5.69 Å². The monoisotopic (exact) mass is 362 g/mol. The number of hydrogen-bond acceptors (Lipinski definition) is 5. The number of nitrogens with zero attached hydrogens (tertiary/aromatic N) is 2. The number of halogens is 2. The third-order valence-corrected chi connectivity index (χ3v) is 3.62. The van der Waals surface area contributed by atoms with Gasteiger partial charge in [0.05, 0.1) is 18.4 Å². The van der Waals surface area contributed by atoms with Gasteiger partial charge in [-0.15, -0.1) is 0 Å². The van der Waals surface area contributed by atoms with Crippen LogP contribution in [0.25, 0.3) is 5.65 Å². The van der Waals surface area contributed by atoms with Crippen LogP contribution >= 0.6 is 0 Å². The molecule has 0 unspecified atom stereocenters. The van der Waals surface area contributed by atoms with Crippen molar-refractivity contribution in [2.24, 2.45) is 0 Å². The molecule has 0 saturated carbocycles. The van der Waals surface area contributed by atoms with Crippen molar-refractivity contribution in [3.05, 3.63) is 59.5 Å². The van der Waals surface area contributed by atoms with Crippen molar-refractivity contribution < 1.29 is 27.8 Å². The Morgan fingerprint density at radius 3 is 2.73 bits per heavy atom. The molecule has 26 heavy (non-hydrogen) atoms. The average molecular weight is 362 g/mol. The molecule has 3 rings (SSSR count). The number of esters is 1. The Bertz CT molecular complexity index is 940. The van der Waals surface area contributed by atoms with E-state index >= 15 is 0 Å². The van der Waals surface area contributed by atoms with Gasteiger partial charge >= 0.3 is 12.6 Å². The van der Waals surface area contributed by atoms with E-state index in [0.717, 1.165) is 11.2 Å². The summed E-state index contributed by atoms with van der Waals surface area (Å²) < 4.78 is 41.0. The van der Waals surface area contributed by atoms with Gasteiger partial charge in [-0.3, -0.25) is 0 Å². The van der Waals surface area contributed by atoms with Gasteiger partial charge in [-0.2, -0.15) is 8.78 Å². The summed E-state index contributed by atoms with van der Waals surface area (Å²) in [4.78, 5) is 16.5. The topological polar surface area (TPSA) is 62.1 Å². The number of hydrogen-bond donors (Lipinski definition) is 0. The molecular weight excluding hydrogens is 346 g/mol. The number of aromatic nitrogens is 2. The largest absolute Gasteiger partial charge is 0.493 e. The Morgan fingerprint density at radius 1 is 1.19 bits per heavy atom. The zero-order valence-electron chi connectivity index (χ0n) is 14.1. The lowest BCUT2D eigenvalue weighted by Crippen LogP contribution is -2.07. The second-order valence-corrected chi connectivity index (χ2v) is 5.52. The maximum absolute atomic E-state index is 12.3. The predicted molar refractivity (Wildman–Crippen MR) is 88.7 cm³/mol. The van der Waals surface area contributed by atoms with Crippen LogP contribution in [0.5, 0.6) is 11.5 Å². The molecule has 0 spiro atoms. The lowest BCUT2D eigenvalue weighted by atomic mass is 10.2. The first-order valence-electron chi connectivity index (χ1n) is 7.70. The smallest absolute Gasteiger partial charge is 0.387 e. The fraction of sp³-hybridized carbons (Fsp3) is 0.222. The maximum atomic E-state index is 12.3. The second kappa shape index (κ2) is 7.38. The van der Waals surface area contributed by atoms with E-state index in [1.165, 1.54) is 25.3 Å². The molecule has 0 aliphatic carbocycles. The minimum atomic E-state index is -2.99. The molecule has 0 saturated heterocycles. The standard InChI is InChI=1S/C18H16F2N2O4/c1-11-3-6-16-21-13(9-22(16)8-11)10-25-17(23)12-4-5-14(26-18(19)20)15(7-12)24-2/h3-9,18H,10H2,1-2H3. The van der Waals surface area contributed by atoms with Crippen LogP contribution in [0.1, 0.15) is 21.6 Å². The molecular formula is C18H16F2N2O4. The SMILES string of the molecule is COc1cc(C(=O)OCc2cn3cc(C)ccc3n2)ccc1OC(F)F. The number of alkyl halides is 2. The molecule has 0 amide bonds. The third kappa shape index (κ3) is 3.90. The average Bonchev–Trinajstić information content (AvgIpc) is 3.01. The van der Waals surface area contributed by atoms with Crippen molar-refractivity contribution in [1.82, 2.24) is 9.38 Å². The zero-order chi connectivity index (χ0) is 18.7. The first kappa shape index (κ1) is 17.7. The maximum Gasteiger partial charge on any atom is 0.387 e. The summed E-state index contributed by atoms with van der Waals surface area (Å²) in [5.74, 6) is -0.766. The number of carbonyl (C=O) groups is 1. The fourth-order valence-corrected chi connectivity index (χ4v) is 2.44. The lowest BCUT2D eigenvalue weighted by molar-refractivity contribution is -0.0512. The quantitative estimate of drug-likeness (QED) is 0.627. The van der Waals surface area contributed by atoms with Gasteiger partial charge in [-0.05, 0) is 36.8 Å². The van der Waals surface area contributed by atoms with Gasteiger partial charge in [0.1, 0.15) is 12.3 Å². The predicted octanol–water partition coefficient (Wildman–Crippen LogP) is 3.61. The number of methoxy groups -OCH3 is 1. The van der Waals surface area contributed by atoms with Crippen LogP contribution < -0.4 is 9.47 Å². The van der Waals surface area contributed by atoms with E-state index in [9.17, 15) is 13.6 Å². The zero-order valence-corrected chi connectivity index (χ0v) is 14.1. The molecule has 0 radical (unpaired) electrons. The minimum Gasteiger partial charge on any atom is -0.493 e. The summed E-state index contributed by atoms with van der Waals surface area (Å²) in [7, 11) is 1.29. The minimum absolute atomic E-state index is 0.0166. The first-order chi connectivity index (χ1) is 12.5. The van der Waals surface area contributed by atoms with Crippen LogP contribution in [0.2, 0.25) is 0 Å². The summed E-state index contributed by atoms with van der Waals surface area (Å²) in [6.45, 7) is -1.04. The van der Waals surface area contributed by atoms with Gasteiger partial charge in [0.2, 0.25) is 0 Å². The van der Waals surface area contributed by atoms with Crippen molar-refractivity contribution in [2.45, 2.75) is 20.1 Å². The molecule has 2 aromatic heterocycles. The number of imidazole rings is 1. The van der Waals surface area contributed by atoms with E-state index in [-0.39, 0.29) is 23.7 Å². The Hall–Kier alpha value is -3.16. The van der Waals surface area contributed by atoms with Gasteiger partial charge in [-0.25, -0.2) is 9.78 Å². The highest BCUT2D eigenvalue weighted by atomic mass is 19.3. The van der Waals surface area contributed by atoms with Crippen molar-refractivity contribution in [3.8, 4) is 11.5 Å². The summed E-state index contributed by atoms with van der Waals surface area (Å²) in [5.41, 5.74) is 2.57. The van der Waals surface area contributed by atoms with Crippen LogP contribution in [0, 0.1) is 6.92 Å².